The number of nitrogens with zero attached hydrogens (tertiary/aromatic N) is 3. The van der Waals surface area contributed by atoms with Crippen molar-refractivity contribution in [1.29, 1.82) is 0 Å². The number of pyridine rings is 1. The number of amides is 1. The van der Waals surface area contributed by atoms with Crippen LogP contribution in [0.25, 0.3) is 5.65 Å². The summed E-state index contributed by atoms with van der Waals surface area (Å²) in [7, 11) is 0. The predicted octanol–water partition coefficient (Wildman–Crippen LogP) is 3.10. The largest absolute Gasteiger partial charge is 0.346 e. The number of carbonyl (C=O) groups is 1. The SMILES string of the molecule is CCc1ccc(CCC(=O)N[C@@H](C)c2nnc3ccccn23)cc1. The van der Waals surface area contributed by atoms with E-state index in [-0.39, 0.29) is 11.9 Å². The highest BCUT2D eigenvalue weighted by Crippen LogP contribution is 2.12. The van der Waals surface area contributed by atoms with Gasteiger partial charge in [0, 0.05) is 12.6 Å². The van der Waals surface area contributed by atoms with Crippen molar-refractivity contribution in [2.24, 2.45) is 0 Å². The van der Waals surface area contributed by atoms with Crippen LogP contribution in [-0.4, -0.2) is 20.5 Å². The Morgan fingerprint density at radius 3 is 2.62 bits per heavy atom. The molecule has 1 amide bonds. The van der Waals surface area contributed by atoms with Gasteiger partial charge in [0.05, 0.1) is 6.04 Å². The van der Waals surface area contributed by atoms with E-state index in [2.05, 4.69) is 46.7 Å². The second-order valence-electron chi connectivity index (χ2n) is 5.95. The molecule has 1 N–H and O–H groups in total. The number of hydrogen-bond acceptors (Lipinski definition) is 3. The maximum absolute atomic E-state index is 12.2. The summed E-state index contributed by atoms with van der Waals surface area (Å²) in [5.74, 6) is 0.765. The third-order valence-electron chi connectivity index (χ3n) is 4.18. The summed E-state index contributed by atoms with van der Waals surface area (Å²) < 4.78 is 1.90. The fourth-order valence-electron chi connectivity index (χ4n) is 2.73. The van der Waals surface area contributed by atoms with Gasteiger partial charge in [-0.05, 0) is 43.0 Å². The minimum absolute atomic E-state index is 0.0229. The number of rotatable bonds is 6. The highest BCUT2D eigenvalue weighted by atomic mass is 16.1. The molecule has 0 bridgehead atoms. The normalized spacial score (nSPS) is 12.2. The first-order chi connectivity index (χ1) is 11.7. The van der Waals surface area contributed by atoms with E-state index >= 15 is 0 Å². The molecule has 0 radical (unpaired) electrons. The first-order valence-electron chi connectivity index (χ1n) is 8.34. The third kappa shape index (κ3) is 3.62. The van der Waals surface area contributed by atoms with Crippen LogP contribution in [-0.2, 0) is 17.6 Å². The maximum atomic E-state index is 12.2. The molecular weight excluding hydrogens is 300 g/mol. The quantitative estimate of drug-likeness (QED) is 0.758. The van der Waals surface area contributed by atoms with E-state index < -0.39 is 0 Å². The van der Waals surface area contributed by atoms with Gasteiger partial charge in [0.1, 0.15) is 0 Å². The summed E-state index contributed by atoms with van der Waals surface area (Å²) >= 11 is 0. The van der Waals surface area contributed by atoms with Crippen molar-refractivity contribution in [3.8, 4) is 0 Å². The lowest BCUT2D eigenvalue weighted by Crippen LogP contribution is -2.28. The standard InChI is InChI=1S/C19H22N4O/c1-3-15-7-9-16(10-8-15)11-12-18(24)20-14(2)19-22-21-17-6-4-5-13-23(17)19/h4-10,13-14H,3,11-12H2,1-2H3,(H,20,24)/t14-/m0/s1. The molecule has 0 aliphatic carbocycles. The van der Waals surface area contributed by atoms with Gasteiger partial charge >= 0.3 is 0 Å². The molecule has 24 heavy (non-hydrogen) atoms. The molecule has 1 aromatic carbocycles. The van der Waals surface area contributed by atoms with Gasteiger partial charge in [0.2, 0.25) is 5.91 Å². The second-order valence-corrected chi connectivity index (χ2v) is 5.95. The van der Waals surface area contributed by atoms with Crippen LogP contribution in [0.3, 0.4) is 0 Å². The van der Waals surface area contributed by atoms with Crippen molar-refractivity contribution < 1.29 is 4.79 Å². The van der Waals surface area contributed by atoms with Gasteiger partial charge in [-0.25, -0.2) is 0 Å². The number of fused-ring (bicyclic) bond motifs is 1. The molecule has 124 valence electrons. The number of nitrogens with one attached hydrogen (secondary N) is 1. The fraction of sp³-hybridized carbons (Fsp3) is 0.316. The Morgan fingerprint density at radius 2 is 1.88 bits per heavy atom. The molecule has 5 nitrogen and oxygen atoms in total. The van der Waals surface area contributed by atoms with E-state index in [1.807, 2.05) is 35.7 Å². The average Bonchev–Trinajstić information content (AvgIpc) is 3.04. The molecule has 0 saturated heterocycles. The van der Waals surface area contributed by atoms with Crippen LogP contribution in [0.2, 0.25) is 0 Å². The van der Waals surface area contributed by atoms with Crippen LogP contribution in [0, 0.1) is 0 Å². The van der Waals surface area contributed by atoms with E-state index in [0.29, 0.717) is 6.42 Å². The predicted molar refractivity (Wildman–Crippen MR) is 93.7 cm³/mol. The fourth-order valence-corrected chi connectivity index (χ4v) is 2.73. The van der Waals surface area contributed by atoms with E-state index in [9.17, 15) is 4.79 Å². The lowest BCUT2D eigenvalue weighted by atomic mass is 10.1. The molecule has 1 atom stereocenters. The molecule has 0 aliphatic rings. The Hall–Kier alpha value is -2.69. The average molecular weight is 322 g/mol. The Kier molecular flexibility index (Phi) is 4.89. The Labute approximate surface area is 141 Å². The van der Waals surface area contributed by atoms with Crippen molar-refractivity contribution >= 4 is 11.6 Å². The Morgan fingerprint density at radius 1 is 1.12 bits per heavy atom. The molecule has 0 spiro atoms. The van der Waals surface area contributed by atoms with Crippen molar-refractivity contribution in [1.82, 2.24) is 19.9 Å². The second kappa shape index (κ2) is 7.25. The molecule has 2 aromatic heterocycles. The Bertz CT molecular complexity index is 823. The van der Waals surface area contributed by atoms with Crippen LogP contribution in [0.15, 0.2) is 48.7 Å². The van der Waals surface area contributed by atoms with Gasteiger partial charge in [-0.3, -0.25) is 9.20 Å². The van der Waals surface area contributed by atoms with Crippen LogP contribution < -0.4 is 5.32 Å². The van der Waals surface area contributed by atoms with Crippen LogP contribution in [0.1, 0.15) is 43.3 Å². The number of hydrogen-bond donors (Lipinski definition) is 1. The van der Waals surface area contributed by atoms with E-state index in [0.717, 1.165) is 24.3 Å². The lowest BCUT2D eigenvalue weighted by molar-refractivity contribution is -0.121. The number of aryl methyl sites for hydroxylation is 2. The number of carbonyl (C=O) groups excluding carboxylic acids is 1. The van der Waals surface area contributed by atoms with E-state index in [1.54, 1.807) is 0 Å². The van der Waals surface area contributed by atoms with E-state index in [4.69, 9.17) is 0 Å². The topological polar surface area (TPSA) is 59.3 Å². The van der Waals surface area contributed by atoms with Crippen molar-refractivity contribution in [2.45, 2.75) is 39.2 Å². The first-order valence-corrected chi connectivity index (χ1v) is 8.34. The molecule has 3 rings (SSSR count). The summed E-state index contributed by atoms with van der Waals surface area (Å²) in [6.07, 6.45) is 4.14. The van der Waals surface area contributed by atoms with Gasteiger partial charge in [-0.15, -0.1) is 10.2 Å². The maximum Gasteiger partial charge on any atom is 0.220 e. The lowest BCUT2D eigenvalue weighted by Gasteiger charge is -2.12. The molecule has 5 heteroatoms. The van der Waals surface area contributed by atoms with Gasteiger partial charge in [-0.1, -0.05) is 37.3 Å². The number of aromatic nitrogens is 3. The third-order valence-corrected chi connectivity index (χ3v) is 4.18. The van der Waals surface area contributed by atoms with Gasteiger partial charge < -0.3 is 5.32 Å². The smallest absolute Gasteiger partial charge is 0.220 e. The first kappa shape index (κ1) is 16.2. The zero-order valence-corrected chi connectivity index (χ0v) is 14.1. The zero-order valence-electron chi connectivity index (χ0n) is 14.1. The summed E-state index contributed by atoms with van der Waals surface area (Å²) in [4.78, 5) is 12.2. The molecule has 2 heterocycles. The summed E-state index contributed by atoms with van der Waals surface area (Å²) in [6.45, 7) is 4.06. The summed E-state index contributed by atoms with van der Waals surface area (Å²) in [6, 6.07) is 14.0. The van der Waals surface area contributed by atoms with Crippen molar-refractivity contribution in [3.63, 3.8) is 0 Å². The minimum Gasteiger partial charge on any atom is -0.346 e. The molecule has 0 aliphatic heterocycles. The summed E-state index contributed by atoms with van der Waals surface area (Å²) in [5, 5.41) is 11.3. The molecule has 3 aromatic rings. The van der Waals surface area contributed by atoms with E-state index in [1.165, 1.54) is 11.1 Å². The molecule has 0 unspecified atom stereocenters. The highest BCUT2D eigenvalue weighted by Gasteiger charge is 2.15. The monoisotopic (exact) mass is 322 g/mol. The van der Waals surface area contributed by atoms with Crippen molar-refractivity contribution in [2.75, 3.05) is 0 Å². The highest BCUT2D eigenvalue weighted by molar-refractivity contribution is 5.76. The van der Waals surface area contributed by atoms with Crippen molar-refractivity contribution in [3.05, 3.63) is 65.6 Å². The summed E-state index contributed by atoms with van der Waals surface area (Å²) in [5.41, 5.74) is 3.28. The molecule has 0 saturated carbocycles. The van der Waals surface area contributed by atoms with Crippen LogP contribution in [0.5, 0.6) is 0 Å². The van der Waals surface area contributed by atoms with Gasteiger partial charge in [0.25, 0.3) is 0 Å². The Balaban J connectivity index is 1.57. The van der Waals surface area contributed by atoms with Gasteiger partial charge in [0.15, 0.2) is 11.5 Å². The minimum atomic E-state index is -0.183. The van der Waals surface area contributed by atoms with Crippen LogP contribution in [0.4, 0.5) is 0 Å². The zero-order chi connectivity index (χ0) is 16.9. The molecular formula is C19H22N4O. The number of benzene rings is 1. The van der Waals surface area contributed by atoms with Gasteiger partial charge in [-0.2, -0.15) is 0 Å². The van der Waals surface area contributed by atoms with Crippen LogP contribution >= 0.6 is 0 Å². The molecule has 0 fully saturated rings.